The summed E-state index contributed by atoms with van der Waals surface area (Å²) in [5.74, 6) is 1.03. The minimum Gasteiger partial charge on any atom is -0.368 e. The third-order valence-electron chi connectivity index (χ3n) is 2.88. The third kappa shape index (κ3) is 3.00. The van der Waals surface area contributed by atoms with Gasteiger partial charge in [-0.25, -0.2) is 0 Å². The Morgan fingerprint density at radius 3 is 2.84 bits per heavy atom. The van der Waals surface area contributed by atoms with Crippen LogP contribution in [0.2, 0.25) is 0 Å². The van der Waals surface area contributed by atoms with Crippen molar-refractivity contribution in [1.29, 1.82) is 0 Å². The van der Waals surface area contributed by atoms with Crippen LogP contribution in [0.25, 0.3) is 11.5 Å². The van der Waals surface area contributed by atoms with E-state index in [-0.39, 0.29) is 0 Å². The summed E-state index contributed by atoms with van der Waals surface area (Å²) in [4.78, 5) is 4.40. The number of nitrogens with two attached hydrogens (primary N) is 1. The molecule has 0 saturated carbocycles. The third-order valence-corrected chi connectivity index (χ3v) is 2.88. The Hall–Kier alpha value is -1.72. The summed E-state index contributed by atoms with van der Waals surface area (Å²) in [6.45, 7) is 6.86. The van der Waals surface area contributed by atoms with Crippen molar-refractivity contribution < 1.29 is 9.26 Å². The number of aromatic nitrogens is 2. The Bertz CT molecular complexity index is 549. The summed E-state index contributed by atoms with van der Waals surface area (Å²) in [7, 11) is 0. The fourth-order valence-electron chi connectivity index (χ4n) is 1.84. The molecule has 0 aliphatic rings. The molecule has 2 aromatic rings. The van der Waals surface area contributed by atoms with Crippen molar-refractivity contribution >= 4 is 0 Å². The van der Waals surface area contributed by atoms with Crippen LogP contribution in [0.15, 0.2) is 28.8 Å². The molecule has 1 aromatic carbocycles. The zero-order valence-corrected chi connectivity index (χ0v) is 11.5. The first kappa shape index (κ1) is 13.7. The average molecular weight is 261 g/mol. The monoisotopic (exact) mass is 261 g/mol. The number of benzene rings is 1. The predicted octanol–water partition coefficient (Wildman–Crippen LogP) is 2.47. The van der Waals surface area contributed by atoms with Crippen molar-refractivity contribution in [2.45, 2.75) is 32.9 Å². The average Bonchev–Trinajstić information content (AvgIpc) is 2.89. The molecule has 2 rings (SSSR count). The molecular weight excluding hydrogens is 242 g/mol. The maximum absolute atomic E-state index is 5.62. The molecule has 0 radical (unpaired) electrons. The lowest BCUT2D eigenvalue weighted by Gasteiger charge is -2.19. The van der Waals surface area contributed by atoms with Gasteiger partial charge in [-0.15, -0.1) is 0 Å². The van der Waals surface area contributed by atoms with Crippen LogP contribution < -0.4 is 5.73 Å². The van der Waals surface area contributed by atoms with E-state index in [2.05, 4.69) is 10.1 Å². The Balaban J connectivity index is 2.30. The quantitative estimate of drug-likeness (QED) is 0.895. The lowest BCUT2D eigenvalue weighted by Crippen LogP contribution is -2.23. The second-order valence-electron chi connectivity index (χ2n) is 4.77. The van der Waals surface area contributed by atoms with Crippen LogP contribution in [0.4, 0.5) is 0 Å². The number of hydrogen-bond acceptors (Lipinski definition) is 5. The van der Waals surface area contributed by atoms with Gasteiger partial charge in [-0.05, 0) is 38.5 Å². The van der Waals surface area contributed by atoms with Gasteiger partial charge in [0.2, 0.25) is 5.82 Å². The largest absolute Gasteiger partial charge is 0.368 e. The van der Waals surface area contributed by atoms with E-state index in [9.17, 15) is 0 Å². The number of rotatable bonds is 5. The fraction of sp³-hybridized carbons (Fsp3) is 0.429. The van der Waals surface area contributed by atoms with Gasteiger partial charge in [0.15, 0.2) is 0 Å². The molecule has 5 heteroatoms. The lowest BCUT2D eigenvalue weighted by molar-refractivity contribution is -0.0221. The van der Waals surface area contributed by atoms with E-state index in [0.29, 0.717) is 24.9 Å². The van der Waals surface area contributed by atoms with Crippen molar-refractivity contribution in [2.75, 3.05) is 6.61 Å². The number of hydrogen-bond donors (Lipinski definition) is 1. The molecule has 0 unspecified atom stereocenters. The second kappa shape index (κ2) is 5.50. The topological polar surface area (TPSA) is 74.2 Å². The molecule has 19 heavy (non-hydrogen) atoms. The van der Waals surface area contributed by atoms with E-state index < -0.39 is 5.60 Å². The summed E-state index contributed by atoms with van der Waals surface area (Å²) >= 11 is 0. The molecule has 0 atom stereocenters. The molecule has 102 valence electrons. The summed E-state index contributed by atoms with van der Waals surface area (Å²) in [5.41, 5.74) is 6.97. The molecule has 0 amide bonds. The summed E-state index contributed by atoms with van der Waals surface area (Å²) in [6.07, 6.45) is 0. The molecule has 0 aliphatic carbocycles. The highest BCUT2D eigenvalue weighted by Gasteiger charge is 2.27. The zero-order chi connectivity index (χ0) is 13.9. The lowest BCUT2D eigenvalue weighted by atomic mass is 10.1. The van der Waals surface area contributed by atoms with Crippen molar-refractivity contribution in [1.82, 2.24) is 10.1 Å². The minimum absolute atomic E-state index is 0.484. The van der Waals surface area contributed by atoms with E-state index in [0.717, 1.165) is 11.1 Å². The number of ether oxygens (including phenoxy) is 1. The van der Waals surface area contributed by atoms with Crippen molar-refractivity contribution in [3.63, 3.8) is 0 Å². The van der Waals surface area contributed by atoms with Gasteiger partial charge in [0, 0.05) is 18.7 Å². The number of nitrogens with zero attached hydrogens (tertiary/aromatic N) is 2. The predicted molar refractivity (Wildman–Crippen MR) is 72.3 cm³/mol. The van der Waals surface area contributed by atoms with Crippen LogP contribution in [-0.2, 0) is 16.9 Å². The normalized spacial score (nSPS) is 11.8. The molecule has 0 saturated heterocycles. The van der Waals surface area contributed by atoms with E-state index in [1.165, 1.54) is 0 Å². The zero-order valence-electron chi connectivity index (χ0n) is 11.5. The van der Waals surface area contributed by atoms with Crippen LogP contribution in [-0.4, -0.2) is 16.7 Å². The van der Waals surface area contributed by atoms with Gasteiger partial charge in [-0.3, -0.25) is 0 Å². The van der Waals surface area contributed by atoms with Gasteiger partial charge >= 0.3 is 0 Å². The van der Waals surface area contributed by atoms with Crippen molar-refractivity contribution in [3.05, 3.63) is 35.7 Å². The summed E-state index contributed by atoms with van der Waals surface area (Å²) in [5, 5.41) is 4.00. The minimum atomic E-state index is -0.554. The highest BCUT2D eigenvalue weighted by Crippen LogP contribution is 2.25. The SMILES string of the molecule is CCOC(C)(C)c1noc(-c2cccc(CN)c2)n1. The molecule has 1 aromatic heterocycles. The first-order valence-corrected chi connectivity index (χ1v) is 6.34. The van der Waals surface area contributed by atoms with E-state index in [4.69, 9.17) is 15.0 Å². The molecule has 2 N–H and O–H groups in total. The molecule has 0 spiro atoms. The second-order valence-corrected chi connectivity index (χ2v) is 4.77. The first-order chi connectivity index (χ1) is 9.06. The Morgan fingerprint density at radius 1 is 1.37 bits per heavy atom. The maximum Gasteiger partial charge on any atom is 0.258 e. The molecule has 1 heterocycles. The van der Waals surface area contributed by atoms with Gasteiger partial charge in [0.05, 0.1) is 0 Å². The highest BCUT2D eigenvalue weighted by atomic mass is 16.5. The molecular formula is C14H19N3O2. The standard InChI is InChI=1S/C14H19N3O2/c1-4-18-14(2,3)13-16-12(19-17-13)11-7-5-6-10(8-11)9-15/h5-8H,4,9,15H2,1-3H3. The van der Waals surface area contributed by atoms with Crippen LogP contribution in [0.5, 0.6) is 0 Å². The Labute approximate surface area is 112 Å². The molecule has 0 bridgehead atoms. The van der Waals surface area contributed by atoms with Crippen molar-refractivity contribution in [2.24, 2.45) is 5.73 Å². The van der Waals surface area contributed by atoms with Crippen molar-refractivity contribution in [3.8, 4) is 11.5 Å². The van der Waals surface area contributed by atoms with E-state index in [1.807, 2.05) is 45.0 Å². The summed E-state index contributed by atoms with van der Waals surface area (Å²) in [6, 6.07) is 7.76. The van der Waals surface area contributed by atoms with Gasteiger partial charge in [-0.2, -0.15) is 4.98 Å². The highest BCUT2D eigenvalue weighted by molar-refractivity contribution is 5.54. The summed E-state index contributed by atoms with van der Waals surface area (Å²) < 4.78 is 10.9. The molecule has 5 nitrogen and oxygen atoms in total. The molecule has 0 aliphatic heterocycles. The van der Waals surface area contributed by atoms with Crippen LogP contribution in [0, 0.1) is 0 Å². The van der Waals surface area contributed by atoms with Gasteiger partial charge < -0.3 is 15.0 Å². The van der Waals surface area contributed by atoms with E-state index >= 15 is 0 Å². The fourth-order valence-corrected chi connectivity index (χ4v) is 1.84. The molecule has 0 fully saturated rings. The Morgan fingerprint density at radius 2 is 2.16 bits per heavy atom. The van der Waals surface area contributed by atoms with Gasteiger partial charge in [-0.1, -0.05) is 17.3 Å². The van der Waals surface area contributed by atoms with Gasteiger partial charge in [0.1, 0.15) is 5.60 Å². The van der Waals surface area contributed by atoms with E-state index in [1.54, 1.807) is 0 Å². The smallest absolute Gasteiger partial charge is 0.258 e. The van der Waals surface area contributed by atoms with Gasteiger partial charge in [0.25, 0.3) is 5.89 Å². The Kier molecular flexibility index (Phi) is 3.97. The first-order valence-electron chi connectivity index (χ1n) is 6.34. The van der Waals surface area contributed by atoms with Crippen LogP contribution >= 0.6 is 0 Å². The maximum atomic E-state index is 5.62. The van der Waals surface area contributed by atoms with Crippen LogP contribution in [0.1, 0.15) is 32.2 Å². The van der Waals surface area contributed by atoms with Crippen LogP contribution in [0.3, 0.4) is 0 Å².